The van der Waals surface area contributed by atoms with E-state index in [0.29, 0.717) is 0 Å². The monoisotopic (exact) mass is 279 g/mol. The molecule has 21 heavy (non-hydrogen) atoms. The highest BCUT2D eigenvalue weighted by atomic mass is 16.5. The lowest BCUT2D eigenvalue weighted by molar-refractivity contribution is 0.357. The van der Waals surface area contributed by atoms with Crippen molar-refractivity contribution in [3.63, 3.8) is 0 Å². The highest BCUT2D eigenvalue weighted by Gasteiger charge is 2.14. The van der Waals surface area contributed by atoms with Crippen LogP contribution in [0.3, 0.4) is 0 Å². The molecule has 0 fully saturated rings. The molecular formula is C19H21NO. The van der Waals surface area contributed by atoms with Crippen LogP contribution in [0.5, 0.6) is 5.75 Å². The molecule has 0 atom stereocenters. The van der Waals surface area contributed by atoms with Gasteiger partial charge in [0.1, 0.15) is 5.75 Å². The maximum atomic E-state index is 5.58. The Morgan fingerprint density at radius 2 is 2.00 bits per heavy atom. The zero-order valence-electron chi connectivity index (χ0n) is 12.3. The molecule has 4 rings (SSSR count). The number of nitrogens with one attached hydrogen (secondary N) is 1. The maximum absolute atomic E-state index is 5.58. The SMILES string of the molecule is c1cc2c(c(CCc3ccc4c(c3)CCO4)c1)CNCC2. The third kappa shape index (κ3) is 2.56. The number of rotatable bonds is 3. The Balaban J connectivity index is 1.52. The molecule has 2 aliphatic rings. The van der Waals surface area contributed by atoms with Gasteiger partial charge in [-0.3, -0.25) is 0 Å². The Morgan fingerprint density at radius 1 is 1.00 bits per heavy atom. The summed E-state index contributed by atoms with van der Waals surface area (Å²) in [6.07, 6.45) is 4.47. The minimum atomic E-state index is 0.844. The largest absolute Gasteiger partial charge is 0.493 e. The van der Waals surface area contributed by atoms with Crippen LogP contribution in [0.15, 0.2) is 36.4 Å². The third-order valence-electron chi connectivity index (χ3n) is 4.68. The van der Waals surface area contributed by atoms with Gasteiger partial charge in [-0.2, -0.15) is 0 Å². The molecule has 2 heteroatoms. The summed E-state index contributed by atoms with van der Waals surface area (Å²) in [7, 11) is 0. The Morgan fingerprint density at radius 3 is 3.00 bits per heavy atom. The molecule has 2 aromatic carbocycles. The second kappa shape index (κ2) is 5.53. The zero-order valence-corrected chi connectivity index (χ0v) is 12.3. The van der Waals surface area contributed by atoms with Crippen LogP contribution in [-0.4, -0.2) is 13.2 Å². The van der Waals surface area contributed by atoms with E-state index in [9.17, 15) is 0 Å². The van der Waals surface area contributed by atoms with Crippen molar-refractivity contribution in [3.05, 3.63) is 64.2 Å². The number of aryl methyl sites for hydroxylation is 2. The van der Waals surface area contributed by atoms with Gasteiger partial charge >= 0.3 is 0 Å². The average Bonchev–Trinajstić information content (AvgIpc) is 3.00. The normalized spacial score (nSPS) is 16.2. The van der Waals surface area contributed by atoms with Gasteiger partial charge < -0.3 is 10.1 Å². The van der Waals surface area contributed by atoms with Crippen molar-refractivity contribution in [2.75, 3.05) is 13.2 Å². The van der Waals surface area contributed by atoms with Gasteiger partial charge in [-0.1, -0.05) is 30.3 Å². The van der Waals surface area contributed by atoms with Crippen molar-refractivity contribution >= 4 is 0 Å². The molecule has 2 nitrogen and oxygen atoms in total. The first-order valence-corrected chi connectivity index (χ1v) is 7.95. The number of hydrogen-bond acceptors (Lipinski definition) is 2. The second-order valence-corrected chi connectivity index (χ2v) is 6.02. The summed E-state index contributed by atoms with van der Waals surface area (Å²) in [5, 5.41) is 3.50. The molecule has 2 aromatic rings. The molecule has 108 valence electrons. The molecule has 0 saturated heterocycles. The maximum Gasteiger partial charge on any atom is 0.122 e. The molecule has 0 aromatic heterocycles. The summed E-state index contributed by atoms with van der Waals surface area (Å²) in [6, 6.07) is 13.5. The van der Waals surface area contributed by atoms with Crippen molar-refractivity contribution in [1.29, 1.82) is 0 Å². The molecule has 0 aliphatic carbocycles. The van der Waals surface area contributed by atoms with Gasteiger partial charge in [0.2, 0.25) is 0 Å². The van der Waals surface area contributed by atoms with E-state index in [1.807, 2.05) is 0 Å². The fourth-order valence-electron chi connectivity index (χ4n) is 3.49. The van der Waals surface area contributed by atoms with Crippen LogP contribution in [0, 0.1) is 0 Å². The summed E-state index contributed by atoms with van der Waals surface area (Å²) in [5.74, 6) is 1.08. The predicted octanol–water partition coefficient (Wildman–Crippen LogP) is 3.05. The van der Waals surface area contributed by atoms with Gasteiger partial charge in [0, 0.05) is 13.0 Å². The third-order valence-corrected chi connectivity index (χ3v) is 4.68. The van der Waals surface area contributed by atoms with Gasteiger partial charge in [0.15, 0.2) is 0 Å². The Kier molecular flexibility index (Phi) is 3.40. The van der Waals surface area contributed by atoms with Crippen molar-refractivity contribution < 1.29 is 4.74 Å². The minimum Gasteiger partial charge on any atom is -0.493 e. The fraction of sp³-hybridized carbons (Fsp3) is 0.368. The summed E-state index contributed by atoms with van der Waals surface area (Å²) in [6.45, 7) is 2.99. The lowest BCUT2D eigenvalue weighted by Gasteiger charge is -2.20. The van der Waals surface area contributed by atoms with E-state index < -0.39 is 0 Å². The number of ether oxygens (including phenoxy) is 1. The Labute approximate surface area is 126 Å². The van der Waals surface area contributed by atoms with E-state index in [1.54, 1.807) is 0 Å². The summed E-state index contributed by atoms with van der Waals surface area (Å²) >= 11 is 0. The fourth-order valence-corrected chi connectivity index (χ4v) is 3.49. The predicted molar refractivity (Wildman–Crippen MR) is 84.9 cm³/mol. The molecular weight excluding hydrogens is 258 g/mol. The van der Waals surface area contributed by atoms with Gasteiger partial charge in [-0.05, 0) is 59.7 Å². The van der Waals surface area contributed by atoms with Crippen molar-refractivity contribution in [1.82, 2.24) is 5.32 Å². The van der Waals surface area contributed by atoms with Crippen LogP contribution >= 0.6 is 0 Å². The molecule has 1 N–H and O–H groups in total. The quantitative estimate of drug-likeness (QED) is 0.932. The van der Waals surface area contributed by atoms with Gasteiger partial charge in [-0.25, -0.2) is 0 Å². The highest BCUT2D eigenvalue weighted by Crippen LogP contribution is 2.27. The van der Waals surface area contributed by atoms with Crippen LogP contribution in [0.2, 0.25) is 0 Å². The summed E-state index contributed by atoms with van der Waals surface area (Å²) in [4.78, 5) is 0. The van der Waals surface area contributed by atoms with E-state index in [1.165, 1.54) is 34.2 Å². The van der Waals surface area contributed by atoms with Crippen LogP contribution in [0.1, 0.15) is 27.8 Å². The average molecular weight is 279 g/mol. The first kappa shape index (κ1) is 12.9. The molecule has 0 radical (unpaired) electrons. The molecule has 0 spiro atoms. The van der Waals surface area contributed by atoms with Crippen LogP contribution in [0.4, 0.5) is 0 Å². The van der Waals surface area contributed by atoms with E-state index in [2.05, 4.69) is 41.7 Å². The number of benzene rings is 2. The van der Waals surface area contributed by atoms with Crippen LogP contribution in [-0.2, 0) is 32.2 Å². The molecule has 0 bridgehead atoms. The molecule has 0 amide bonds. The first-order chi connectivity index (χ1) is 10.4. The lowest BCUT2D eigenvalue weighted by Crippen LogP contribution is -2.24. The first-order valence-electron chi connectivity index (χ1n) is 7.95. The van der Waals surface area contributed by atoms with Gasteiger partial charge in [0.05, 0.1) is 6.61 Å². The highest BCUT2D eigenvalue weighted by molar-refractivity contribution is 5.41. The minimum absolute atomic E-state index is 0.844. The topological polar surface area (TPSA) is 21.3 Å². The van der Waals surface area contributed by atoms with Crippen LogP contribution < -0.4 is 10.1 Å². The summed E-state index contributed by atoms with van der Waals surface area (Å²) in [5.41, 5.74) is 7.39. The molecule has 2 aliphatic heterocycles. The van der Waals surface area contributed by atoms with E-state index in [-0.39, 0.29) is 0 Å². The standard InChI is InChI=1S/C19H21NO/c1-2-15(18-13-20-10-8-16(18)3-1)6-4-14-5-7-19-17(12-14)9-11-21-19/h1-3,5,7,12,20H,4,6,8-11,13H2. The van der Waals surface area contributed by atoms with Crippen LogP contribution in [0.25, 0.3) is 0 Å². The lowest BCUT2D eigenvalue weighted by atomic mass is 9.92. The molecule has 2 heterocycles. The Hall–Kier alpha value is -1.80. The molecule has 0 saturated carbocycles. The number of hydrogen-bond donors (Lipinski definition) is 1. The Bertz CT molecular complexity index is 663. The van der Waals surface area contributed by atoms with Crippen molar-refractivity contribution in [3.8, 4) is 5.75 Å². The summed E-state index contributed by atoms with van der Waals surface area (Å²) < 4.78 is 5.58. The van der Waals surface area contributed by atoms with E-state index in [4.69, 9.17) is 4.74 Å². The van der Waals surface area contributed by atoms with E-state index in [0.717, 1.165) is 44.7 Å². The second-order valence-electron chi connectivity index (χ2n) is 6.02. The number of fused-ring (bicyclic) bond motifs is 2. The smallest absolute Gasteiger partial charge is 0.122 e. The van der Waals surface area contributed by atoms with E-state index >= 15 is 0 Å². The van der Waals surface area contributed by atoms with Crippen molar-refractivity contribution in [2.24, 2.45) is 0 Å². The van der Waals surface area contributed by atoms with Gasteiger partial charge in [0.25, 0.3) is 0 Å². The van der Waals surface area contributed by atoms with Crippen molar-refractivity contribution in [2.45, 2.75) is 32.2 Å². The zero-order chi connectivity index (χ0) is 14.1. The van der Waals surface area contributed by atoms with Gasteiger partial charge in [-0.15, -0.1) is 0 Å². The molecule has 0 unspecified atom stereocenters.